The lowest BCUT2D eigenvalue weighted by atomic mass is 9.86. The van der Waals surface area contributed by atoms with Crippen molar-refractivity contribution < 1.29 is 4.79 Å². The SMILES string of the molecule is Cc1ccc(Cn2cc([C@@H](CC(=O)N3CCC(C)CC3)c3cccc(C)c3)c3ccccc32)cc1. The smallest absolute Gasteiger partial charge is 0.223 e. The summed E-state index contributed by atoms with van der Waals surface area (Å²) in [6.45, 7) is 9.14. The molecule has 0 saturated carbocycles. The maximum absolute atomic E-state index is 13.5. The van der Waals surface area contributed by atoms with E-state index in [0.29, 0.717) is 12.3 Å². The summed E-state index contributed by atoms with van der Waals surface area (Å²) >= 11 is 0. The molecular weight excluding hydrogens is 428 g/mol. The van der Waals surface area contributed by atoms with Gasteiger partial charge < -0.3 is 9.47 Å². The van der Waals surface area contributed by atoms with Crippen molar-refractivity contribution in [3.63, 3.8) is 0 Å². The largest absolute Gasteiger partial charge is 0.343 e. The van der Waals surface area contributed by atoms with Gasteiger partial charge in [-0.15, -0.1) is 0 Å². The molecular formula is C32H36N2O. The lowest BCUT2D eigenvalue weighted by molar-refractivity contribution is -0.132. The van der Waals surface area contributed by atoms with Gasteiger partial charge in [-0.3, -0.25) is 4.79 Å². The van der Waals surface area contributed by atoms with Gasteiger partial charge in [-0.1, -0.05) is 84.8 Å². The first kappa shape index (κ1) is 23.4. The van der Waals surface area contributed by atoms with Crippen LogP contribution in [0.25, 0.3) is 10.9 Å². The number of carbonyl (C=O) groups is 1. The molecule has 1 saturated heterocycles. The zero-order chi connectivity index (χ0) is 24.4. The van der Waals surface area contributed by atoms with Crippen LogP contribution >= 0.6 is 0 Å². The fourth-order valence-corrected chi connectivity index (χ4v) is 5.43. The van der Waals surface area contributed by atoms with Gasteiger partial charge in [0.15, 0.2) is 0 Å². The van der Waals surface area contributed by atoms with Gasteiger partial charge in [-0.2, -0.15) is 0 Å². The molecule has 1 atom stereocenters. The third-order valence-corrected chi connectivity index (χ3v) is 7.63. The summed E-state index contributed by atoms with van der Waals surface area (Å²) in [6.07, 6.45) is 5.02. The summed E-state index contributed by atoms with van der Waals surface area (Å²) in [5.74, 6) is 1.02. The number of hydrogen-bond donors (Lipinski definition) is 0. The predicted molar refractivity (Wildman–Crippen MR) is 145 cm³/mol. The number of aryl methyl sites for hydroxylation is 2. The summed E-state index contributed by atoms with van der Waals surface area (Å²) in [6, 6.07) is 26.1. The van der Waals surface area contributed by atoms with Crippen LogP contribution in [0.15, 0.2) is 79.0 Å². The van der Waals surface area contributed by atoms with E-state index in [1.807, 2.05) is 0 Å². The van der Waals surface area contributed by atoms with Crippen LogP contribution in [-0.2, 0) is 11.3 Å². The number of fused-ring (bicyclic) bond motifs is 1. The van der Waals surface area contributed by atoms with Crippen molar-refractivity contribution >= 4 is 16.8 Å². The summed E-state index contributed by atoms with van der Waals surface area (Å²) in [5, 5.41) is 1.24. The van der Waals surface area contributed by atoms with Crippen LogP contribution in [0.3, 0.4) is 0 Å². The Morgan fingerprint density at radius 2 is 1.66 bits per heavy atom. The van der Waals surface area contributed by atoms with Crippen LogP contribution in [-0.4, -0.2) is 28.5 Å². The molecule has 1 fully saturated rings. The fraction of sp³-hybridized carbons (Fsp3) is 0.344. The molecule has 3 heteroatoms. The van der Waals surface area contributed by atoms with E-state index < -0.39 is 0 Å². The standard InChI is InChI=1S/C32H36N2O/c1-23-11-13-26(14-12-23)21-34-22-30(28-9-4-5-10-31(28)34)29(27-8-6-7-25(3)19-27)20-32(35)33-17-15-24(2)16-18-33/h4-14,19,22,24,29H,15-18,20-21H2,1-3H3/t29-/m0/s1. The average molecular weight is 465 g/mol. The van der Waals surface area contributed by atoms with Crippen molar-refractivity contribution in [2.75, 3.05) is 13.1 Å². The highest BCUT2D eigenvalue weighted by Crippen LogP contribution is 2.36. The van der Waals surface area contributed by atoms with Crippen molar-refractivity contribution in [3.8, 4) is 0 Å². The van der Waals surface area contributed by atoms with Crippen LogP contribution in [0.5, 0.6) is 0 Å². The van der Waals surface area contributed by atoms with Crippen molar-refractivity contribution in [1.82, 2.24) is 9.47 Å². The Hall–Kier alpha value is -3.33. The highest BCUT2D eigenvalue weighted by Gasteiger charge is 2.27. The maximum Gasteiger partial charge on any atom is 0.223 e. The van der Waals surface area contributed by atoms with Gasteiger partial charge in [0.05, 0.1) is 0 Å². The minimum atomic E-state index is 0.0333. The first-order chi connectivity index (χ1) is 17.0. The van der Waals surface area contributed by atoms with E-state index in [0.717, 1.165) is 32.5 Å². The van der Waals surface area contributed by atoms with Gasteiger partial charge in [0.25, 0.3) is 0 Å². The molecule has 3 aromatic carbocycles. The van der Waals surface area contributed by atoms with E-state index in [1.54, 1.807) is 0 Å². The Labute approximate surface area is 209 Å². The molecule has 1 aromatic heterocycles. The van der Waals surface area contributed by atoms with Crippen molar-refractivity contribution in [1.29, 1.82) is 0 Å². The van der Waals surface area contributed by atoms with Gasteiger partial charge in [0, 0.05) is 49.1 Å². The van der Waals surface area contributed by atoms with Crippen LogP contribution in [0.1, 0.15) is 59.9 Å². The fourth-order valence-electron chi connectivity index (χ4n) is 5.43. The van der Waals surface area contributed by atoms with Crippen LogP contribution in [0.4, 0.5) is 0 Å². The Bertz CT molecular complexity index is 1310. The number of carbonyl (C=O) groups excluding carboxylic acids is 1. The number of piperidine rings is 1. The summed E-state index contributed by atoms with van der Waals surface area (Å²) < 4.78 is 2.35. The Kier molecular flexibility index (Phi) is 6.77. The molecule has 3 nitrogen and oxygen atoms in total. The molecule has 0 radical (unpaired) electrons. The third-order valence-electron chi connectivity index (χ3n) is 7.63. The molecule has 2 heterocycles. The van der Waals surface area contributed by atoms with E-state index in [2.05, 4.69) is 109 Å². The molecule has 0 spiro atoms. The van der Waals surface area contributed by atoms with Gasteiger partial charge >= 0.3 is 0 Å². The molecule has 0 bridgehead atoms. The van der Waals surface area contributed by atoms with Gasteiger partial charge in [-0.05, 0) is 55.4 Å². The number of rotatable bonds is 6. The molecule has 35 heavy (non-hydrogen) atoms. The first-order valence-electron chi connectivity index (χ1n) is 13.0. The predicted octanol–water partition coefficient (Wildman–Crippen LogP) is 7.09. The number of amides is 1. The summed E-state index contributed by atoms with van der Waals surface area (Å²) in [5.41, 5.74) is 7.49. The number of benzene rings is 3. The Morgan fingerprint density at radius 3 is 2.40 bits per heavy atom. The second-order valence-corrected chi connectivity index (χ2v) is 10.4. The number of para-hydroxylation sites is 1. The Balaban J connectivity index is 1.54. The molecule has 4 aromatic rings. The molecule has 1 amide bonds. The van der Waals surface area contributed by atoms with E-state index in [1.165, 1.54) is 38.7 Å². The van der Waals surface area contributed by atoms with Gasteiger partial charge in [-0.25, -0.2) is 0 Å². The maximum atomic E-state index is 13.5. The number of likely N-dealkylation sites (tertiary alicyclic amines) is 1. The van der Waals surface area contributed by atoms with Crippen LogP contribution in [0, 0.1) is 19.8 Å². The van der Waals surface area contributed by atoms with E-state index in [4.69, 9.17) is 0 Å². The first-order valence-corrected chi connectivity index (χ1v) is 13.0. The van der Waals surface area contributed by atoms with Crippen molar-refractivity contribution in [2.45, 2.75) is 52.5 Å². The second-order valence-electron chi connectivity index (χ2n) is 10.4. The van der Waals surface area contributed by atoms with Crippen molar-refractivity contribution in [3.05, 3.63) is 107 Å². The monoisotopic (exact) mass is 464 g/mol. The molecule has 0 unspecified atom stereocenters. The minimum absolute atomic E-state index is 0.0333. The highest BCUT2D eigenvalue weighted by atomic mass is 16.2. The zero-order valence-corrected chi connectivity index (χ0v) is 21.2. The third kappa shape index (κ3) is 5.19. The highest BCUT2D eigenvalue weighted by molar-refractivity contribution is 5.87. The van der Waals surface area contributed by atoms with Crippen LogP contribution in [0.2, 0.25) is 0 Å². The van der Waals surface area contributed by atoms with E-state index in [-0.39, 0.29) is 11.8 Å². The van der Waals surface area contributed by atoms with E-state index >= 15 is 0 Å². The zero-order valence-electron chi connectivity index (χ0n) is 21.2. The van der Waals surface area contributed by atoms with Crippen molar-refractivity contribution in [2.24, 2.45) is 5.92 Å². The lowest BCUT2D eigenvalue weighted by Gasteiger charge is -2.31. The molecule has 5 rings (SSSR count). The number of nitrogens with zero attached hydrogens (tertiary/aromatic N) is 2. The molecule has 1 aliphatic rings. The van der Waals surface area contributed by atoms with Gasteiger partial charge in [0.2, 0.25) is 5.91 Å². The lowest BCUT2D eigenvalue weighted by Crippen LogP contribution is -2.38. The molecule has 1 aliphatic heterocycles. The quantitative estimate of drug-likeness (QED) is 0.299. The van der Waals surface area contributed by atoms with Gasteiger partial charge in [0.1, 0.15) is 0 Å². The summed E-state index contributed by atoms with van der Waals surface area (Å²) in [7, 11) is 0. The molecule has 0 N–H and O–H groups in total. The summed E-state index contributed by atoms with van der Waals surface area (Å²) in [4.78, 5) is 15.6. The topological polar surface area (TPSA) is 25.2 Å². The van der Waals surface area contributed by atoms with Crippen LogP contribution < -0.4 is 0 Å². The Morgan fingerprint density at radius 1 is 0.914 bits per heavy atom. The number of hydrogen-bond acceptors (Lipinski definition) is 1. The van der Waals surface area contributed by atoms with E-state index in [9.17, 15) is 4.79 Å². The normalized spacial score (nSPS) is 15.5. The number of aromatic nitrogens is 1. The molecule has 0 aliphatic carbocycles. The minimum Gasteiger partial charge on any atom is -0.343 e. The average Bonchev–Trinajstić information content (AvgIpc) is 3.22. The molecule has 180 valence electrons. The second kappa shape index (κ2) is 10.1.